The van der Waals surface area contributed by atoms with Crippen molar-refractivity contribution in [2.75, 3.05) is 13.1 Å². The van der Waals surface area contributed by atoms with Crippen molar-refractivity contribution in [2.24, 2.45) is 0 Å². The number of hydrogen-bond donors (Lipinski definition) is 2. The number of likely N-dealkylation sites (tertiary alicyclic amines) is 1. The number of benzene rings is 1. The summed E-state index contributed by atoms with van der Waals surface area (Å²) in [6, 6.07) is 8.28. The minimum atomic E-state index is -0.120. The number of carbonyl (C=O) groups is 2. The van der Waals surface area contributed by atoms with Gasteiger partial charge in [-0.25, -0.2) is 0 Å². The standard InChI is InChI=1S/C22H33N3O2/c1-3-7-16-10-12-17(13-11-16)21(26)24-18-14-20(22(27)23-4-2)25(15-18)19-8-5-6-9-19/h10-13,18-20H,3-9,14-15H2,1-2H3,(H,23,27)(H,24,26)/t18-,20-/m0/s1. The Bertz CT molecular complexity index is 637. The van der Waals surface area contributed by atoms with Crippen molar-refractivity contribution in [3.63, 3.8) is 0 Å². The van der Waals surface area contributed by atoms with E-state index in [-0.39, 0.29) is 23.9 Å². The van der Waals surface area contributed by atoms with E-state index >= 15 is 0 Å². The minimum Gasteiger partial charge on any atom is -0.355 e. The lowest BCUT2D eigenvalue weighted by molar-refractivity contribution is -0.126. The molecule has 5 nitrogen and oxygen atoms in total. The van der Waals surface area contributed by atoms with Crippen LogP contribution in [0, 0.1) is 0 Å². The highest BCUT2D eigenvalue weighted by Gasteiger charge is 2.41. The number of rotatable bonds is 7. The maximum absolute atomic E-state index is 12.7. The van der Waals surface area contributed by atoms with Crippen molar-refractivity contribution in [3.05, 3.63) is 35.4 Å². The molecular weight excluding hydrogens is 338 g/mol. The normalized spacial score (nSPS) is 23.5. The van der Waals surface area contributed by atoms with Crippen molar-refractivity contribution < 1.29 is 9.59 Å². The molecule has 0 aromatic heterocycles. The molecule has 2 amide bonds. The zero-order chi connectivity index (χ0) is 19.2. The number of amides is 2. The Labute approximate surface area is 162 Å². The summed E-state index contributed by atoms with van der Waals surface area (Å²) >= 11 is 0. The lowest BCUT2D eigenvalue weighted by atomic mass is 10.1. The van der Waals surface area contributed by atoms with Crippen LogP contribution in [-0.2, 0) is 11.2 Å². The molecule has 0 unspecified atom stereocenters. The van der Waals surface area contributed by atoms with E-state index in [2.05, 4.69) is 22.5 Å². The zero-order valence-electron chi connectivity index (χ0n) is 16.7. The summed E-state index contributed by atoms with van der Waals surface area (Å²) in [5.74, 6) is 0.0658. The molecule has 1 saturated carbocycles. The van der Waals surface area contributed by atoms with Gasteiger partial charge in [0, 0.05) is 30.7 Å². The summed E-state index contributed by atoms with van der Waals surface area (Å²) < 4.78 is 0. The van der Waals surface area contributed by atoms with Crippen LogP contribution in [0.25, 0.3) is 0 Å². The van der Waals surface area contributed by atoms with Gasteiger partial charge in [0.25, 0.3) is 5.91 Å². The largest absolute Gasteiger partial charge is 0.355 e. The van der Waals surface area contributed by atoms with Gasteiger partial charge in [0.1, 0.15) is 0 Å². The van der Waals surface area contributed by atoms with Crippen LogP contribution in [0.4, 0.5) is 0 Å². The van der Waals surface area contributed by atoms with Crippen LogP contribution in [0.3, 0.4) is 0 Å². The van der Waals surface area contributed by atoms with E-state index in [1.165, 1.54) is 18.4 Å². The van der Waals surface area contributed by atoms with E-state index in [0.717, 1.165) is 32.2 Å². The second kappa shape index (κ2) is 9.36. The van der Waals surface area contributed by atoms with Gasteiger partial charge in [-0.2, -0.15) is 0 Å². The Morgan fingerprint density at radius 2 is 1.81 bits per heavy atom. The molecule has 5 heteroatoms. The molecule has 0 radical (unpaired) electrons. The Hall–Kier alpha value is -1.88. The maximum Gasteiger partial charge on any atom is 0.251 e. The smallest absolute Gasteiger partial charge is 0.251 e. The quantitative estimate of drug-likeness (QED) is 0.775. The molecule has 1 heterocycles. The van der Waals surface area contributed by atoms with Gasteiger partial charge in [-0.3, -0.25) is 14.5 Å². The predicted octanol–water partition coefficient (Wildman–Crippen LogP) is 2.89. The van der Waals surface area contributed by atoms with Crippen molar-refractivity contribution in [1.29, 1.82) is 0 Å². The molecule has 1 aliphatic carbocycles. The second-order valence-electron chi connectivity index (χ2n) is 7.90. The lowest BCUT2D eigenvalue weighted by Gasteiger charge is -2.29. The number of nitrogens with zero attached hydrogens (tertiary/aromatic N) is 1. The molecular formula is C22H33N3O2. The average Bonchev–Trinajstić information content (AvgIpc) is 3.32. The fraction of sp³-hybridized carbons (Fsp3) is 0.636. The highest BCUT2D eigenvalue weighted by atomic mass is 16.2. The maximum atomic E-state index is 12.7. The monoisotopic (exact) mass is 371 g/mol. The van der Waals surface area contributed by atoms with Crippen molar-refractivity contribution in [3.8, 4) is 0 Å². The number of likely N-dealkylation sites (N-methyl/N-ethyl adjacent to an activating group) is 1. The Morgan fingerprint density at radius 1 is 1.11 bits per heavy atom. The van der Waals surface area contributed by atoms with Crippen LogP contribution in [0.5, 0.6) is 0 Å². The first-order chi connectivity index (χ1) is 13.1. The third kappa shape index (κ3) is 4.89. The van der Waals surface area contributed by atoms with Crippen LogP contribution < -0.4 is 10.6 Å². The number of carbonyl (C=O) groups excluding carboxylic acids is 2. The van der Waals surface area contributed by atoms with Crippen molar-refractivity contribution in [2.45, 2.75) is 76.9 Å². The first-order valence-corrected chi connectivity index (χ1v) is 10.6. The van der Waals surface area contributed by atoms with E-state index in [9.17, 15) is 9.59 Å². The Kier molecular flexibility index (Phi) is 6.89. The van der Waals surface area contributed by atoms with Gasteiger partial charge in [0.15, 0.2) is 0 Å². The van der Waals surface area contributed by atoms with E-state index in [1.54, 1.807) is 0 Å². The average molecular weight is 372 g/mol. The zero-order valence-corrected chi connectivity index (χ0v) is 16.7. The summed E-state index contributed by atoms with van der Waals surface area (Å²) in [5.41, 5.74) is 1.96. The number of hydrogen-bond acceptors (Lipinski definition) is 3. The van der Waals surface area contributed by atoms with Crippen LogP contribution in [-0.4, -0.2) is 47.9 Å². The van der Waals surface area contributed by atoms with Gasteiger partial charge >= 0.3 is 0 Å². The van der Waals surface area contributed by atoms with Crippen LogP contribution in [0.2, 0.25) is 0 Å². The first kappa shape index (κ1) is 19.9. The summed E-state index contributed by atoms with van der Waals surface area (Å²) in [7, 11) is 0. The molecule has 1 aliphatic heterocycles. The third-order valence-electron chi connectivity index (χ3n) is 5.88. The van der Waals surface area contributed by atoms with Gasteiger partial charge in [-0.1, -0.05) is 38.3 Å². The summed E-state index contributed by atoms with van der Waals surface area (Å²) in [6.45, 7) is 5.53. The van der Waals surface area contributed by atoms with Crippen LogP contribution in [0.15, 0.2) is 24.3 Å². The fourth-order valence-electron chi connectivity index (χ4n) is 4.54. The van der Waals surface area contributed by atoms with Crippen molar-refractivity contribution >= 4 is 11.8 Å². The van der Waals surface area contributed by atoms with Crippen LogP contribution in [0.1, 0.15) is 68.3 Å². The molecule has 27 heavy (non-hydrogen) atoms. The van der Waals surface area contributed by atoms with Gasteiger partial charge < -0.3 is 10.6 Å². The van der Waals surface area contributed by atoms with E-state index in [1.807, 2.05) is 31.2 Å². The molecule has 0 bridgehead atoms. The molecule has 1 aromatic rings. The van der Waals surface area contributed by atoms with Gasteiger partial charge in [-0.05, 0) is 50.3 Å². The molecule has 2 atom stereocenters. The number of aryl methyl sites for hydroxylation is 1. The van der Waals surface area contributed by atoms with E-state index in [4.69, 9.17) is 0 Å². The Balaban J connectivity index is 1.63. The van der Waals surface area contributed by atoms with Crippen molar-refractivity contribution in [1.82, 2.24) is 15.5 Å². The fourth-order valence-corrected chi connectivity index (χ4v) is 4.54. The molecule has 3 rings (SSSR count). The topological polar surface area (TPSA) is 61.4 Å². The SMILES string of the molecule is CCCc1ccc(C(=O)N[C@H]2C[C@@H](C(=O)NCC)N(C3CCCC3)C2)cc1. The Morgan fingerprint density at radius 3 is 2.44 bits per heavy atom. The molecule has 148 valence electrons. The van der Waals surface area contributed by atoms with E-state index < -0.39 is 0 Å². The molecule has 0 spiro atoms. The molecule has 2 N–H and O–H groups in total. The lowest BCUT2D eigenvalue weighted by Crippen LogP contribution is -2.47. The summed E-state index contributed by atoms with van der Waals surface area (Å²) in [5, 5.41) is 6.14. The highest BCUT2D eigenvalue weighted by Crippen LogP contribution is 2.30. The van der Waals surface area contributed by atoms with Crippen LogP contribution >= 0.6 is 0 Å². The van der Waals surface area contributed by atoms with Gasteiger partial charge in [0.2, 0.25) is 5.91 Å². The van der Waals surface area contributed by atoms with Gasteiger partial charge in [0.05, 0.1) is 6.04 Å². The minimum absolute atomic E-state index is 0.0287. The predicted molar refractivity (Wildman–Crippen MR) is 108 cm³/mol. The molecule has 2 fully saturated rings. The second-order valence-corrected chi connectivity index (χ2v) is 7.90. The third-order valence-corrected chi connectivity index (χ3v) is 5.88. The molecule has 1 aromatic carbocycles. The molecule has 1 saturated heterocycles. The molecule has 2 aliphatic rings. The van der Waals surface area contributed by atoms with Gasteiger partial charge in [-0.15, -0.1) is 0 Å². The summed E-state index contributed by atoms with van der Waals surface area (Å²) in [4.78, 5) is 27.6. The first-order valence-electron chi connectivity index (χ1n) is 10.6. The summed E-state index contributed by atoms with van der Waals surface area (Å²) in [6.07, 6.45) is 7.64. The highest BCUT2D eigenvalue weighted by molar-refractivity contribution is 5.94. The van der Waals surface area contributed by atoms with E-state index in [0.29, 0.717) is 24.6 Å². The number of nitrogens with one attached hydrogen (secondary N) is 2.